The van der Waals surface area contributed by atoms with Crippen LogP contribution in [0.25, 0.3) is 0 Å². The highest BCUT2D eigenvalue weighted by Gasteiger charge is 2.42. The molecule has 0 aliphatic carbocycles. The first-order valence-corrected chi connectivity index (χ1v) is 10.5. The number of amides is 1. The largest absolute Gasteiger partial charge is 0.352 e. The smallest absolute Gasteiger partial charge is 0.226 e. The van der Waals surface area contributed by atoms with Crippen molar-refractivity contribution in [1.82, 2.24) is 10.2 Å². The van der Waals surface area contributed by atoms with Gasteiger partial charge in [0.25, 0.3) is 0 Å². The molecule has 1 aromatic rings. The first kappa shape index (κ1) is 18.3. The maximum absolute atomic E-state index is 13.5. The van der Waals surface area contributed by atoms with Gasteiger partial charge in [0.05, 0.1) is 16.9 Å². The van der Waals surface area contributed by atoms with Crippen molar-refractivity contribution >= 4 is 15.7 Å². The van der Waals surface area contributed by atoms with Crippen molar-refractivity contribution in [2.24, 2.45) is 5.41 Å². The molecule has 7 heteroatoms. The number of halogens is 1. The minimum atomic E-state index is -3.04. The summed E-state index contributed by atoms with van der Waals surface area (Å²) >= 11 is 0. The Morgan fingerprint density at radius 1 is 1.36 bits per heavy atom. The van der Waals surface area contributed by atoms with Crippen molar-refractivity contribution in [3.63, 3.8) is 0 Å². The second kappa shape index (κ2) is 7.03. The summed E-state index contributed by atoms with van der Waals surface area (Å²) in [6.07, 6.45) is 2.32. The predicted molar refractivity (Wildman–Crippen MR) is 94.5 cm³/mol. The fourth-order valence-corrected chi connectivity index (χ4v) is 5.49. The molecular formula is C18H25FN2O3S. The van der Waals surface area contributed by atoms with Crippen LogP contribution in [0.3, 0.4) is 0 Å². The Morgan fingerprint density at radius 3 is 2.68 bits per heavy atom. The molecule has 3 rings (SSSR count). The summed E-state index contributed by atoms with van der Waals surface area (Å²) in [6.45, 7) is 1.59. The van der Waals surface area contributed by atoms with Crippen molar-refractivity contribution in [2.75, 3.05) is 31.6 Å². The van der Waals surface area contributed by atoms with Crippen LogP contribution in [0.15, 0.2) is 24.3 Å². The van der Waals surface area contributed by atoms with Crippen LogP contribution in [0, 0.1) is 11.2 Å². The lowest BCUT2D eigenvalue weighted by Crippen LogP contribution is -2.51. The molecule has 0 bridgehead atoms. The lowest BCUT2D eigenvalue weighted by Gasteiger charge is -2.40. The zero-order valence-electron chi connectivity index (χ0n) is 14.5. The summed E-state index contributed by atoms with van der Waals surface area (Å²) in [6, 6.07) is 6.08. The van der Waals surface area contributed by atoms with Crippen LogP contribution < -0.4 is 5.32 Å². The predicted octanol–water partition coefficient (Wildman–Crippen LogP) is 1.38. The third-order valence-electron chi connectivity index (χ3n) is 5.43. The van der Waals surface area contributed by atoms with Gasteiger partial charge in [0, 0.05) is 6.04 Å². The van der Waals surface area contributed by atoms with E-state index < -0.39 is 15.3 Å². The third kappa shape index (κ3) is 4.39. The lowest BCUT2D eigenvalue weighted by atomic mass is 9.73. The Morgan fingerprint density at radius 2 is 2.08 bits per heavy atom. The summed E-state index contributed by atoms with van der Waals surface area (Å²) in [5.74, 6) is -0.235. The summed E-state index contributed by atoms with van der Waals surface area (Å²) in [7, 11) is -1.02. The Hall–Kier alpha value is -1.47. The van der Waals surface area contributed by atoms with Crippen molar-refractivity contribution in [3.8, 4) is 0 Å². The minimum absolute atomic E-state index is 0.0225. The second-order valence-electron chi connectivity index (χ2n) is 7.46. The highest BCUT2D eigenvalue weighted by Crippen LogP contribution is 2.36. The van der Waals surface area contributed by atoms with E-state index in [1.165, 1.54) is 12.1 Å². The molecule has 2 heterocycles. The van der Waals surface area contributed by atoms with Crippen LogP contribution >= 0.6 is 0 Å². The first-order chi connectivity index (χ1) is 11.8. The number of nitrogens with one attached hydrogen (secondary N) is 1. The number of hydrogen-bond donors (Lipinski definition) is 1. The van der Waals surface area contributed by atoms with Gasteiger partial charge in [-0.25, -0.2) is 12.8 Å². The maximum atomic E-state index is 13.5. The number of carbonyl (C=O) groups is 1. The highest BCUT2D eigenvalue weighted by atomic mass is 32.2. The van der Waals surface area contributed by atoms with Gasteiger partial charge < -0.3 is 10.2 Å². The Balaban J connectivity index is 1.77. The minimum Gasteiger partial charge on any atom is -0.352 e. The molecule has 0 spiro atoms. The van der Waals surface area contributed by atoms with Crippen molar-refractivity contribution < 1.29 is 17.6 Å². The molecule has 0 saturated carbocycles. The van der Waals surface area contributed by atoms with Gasteiger partial charge in [0.15, 0.2) is 9.84 Å². The fraction of sp³-hybridized carbons (Fsp3) is 0.611. The van der Waals surface area contributed by atoms with Crippen molar-refractivity contribution in [1.29, 1.82) is 0 Å². The van der Waals surface area contributed by atoms with Crippen molar-refractivity contribution in [2.45, 2.75) is 31.7 Å². The molecule has 2 saturated heterocycles. The zero-order valence-corrected chi connectivity index (χ0v) is 15.3. The molecule has 2 fully saturated rings. The number of piperidine rings is 1. The topological polar surface area (TPSA) is 66.5 Å². The monoisotopic (exact) mass is 368 g/mol. The highest BCUT2D eigenvalue weighted by molar-refractivity contribution is 7.91. The summed E-state index contributed by atoms with van der Waals surface area (Å²) < 4.78 is 36.8. The number of benzene rings is 1. The Kier molecular flexibility index (Phi) is 5.16. The van der Waals surface area contributed by atoms with E-state index in [4.69, 9.17) is 0 Å². The average Bonchev–Trinajstić information content (AvgIpc) is 2.88. The third-order valence-corrected chi connectivity index (χ3v) is 7.19. The van der Waals surface area contributed by atoms with Gasteiger partial charge in [-0.2, -0.15) is 0 Å². The summed E-state index contributed by atoms with van der Waals surface area (Å²) in [5, 5.41) is 2.96. The molecule has 0 unspecified atom stereocenters. The van der Waals surface area contributed by atoms with Crippen molar-refractivity contribution in [3.05, 3.63) is 35.6 Å². The number of carbonyl (C=O) groups excluding carboxylic acids is 1. The van der Waals surface area contributed by atoms with E-state index in [2.05, 4.69) is 10.2 Å². The van der Waals surface area contributed by atoms with Crippen LogP contribution in [0.2, 0.25) is 0 Å². The summed E-state index contributed by atoms with van der Waals surface area (Å²) in [5.41, 5.74) is 0.200. The lowest BCUT2D eigenvalue weighted by molar-refractivity contribution is -0.134. The molecular weight excluding hydrogens is 343 g/mol. The van der Waals surface area contributed by atoms with E-state index in [-0.39, 0.29) is 29.3 Å². The van der Waals surface area contributed by atoms with Gasteiger partial charge in [0.1, 0.15) is 5.82 Å². The molecule has 0 aromatic heterocycles. The molecule has 1 N–H and O–H groups in total. The molecule has 25 heavy (non-hydrogen) atoms. The Bertz CT molecular complexity index is 742. The van der Waals surface area contributed by atoms with Crippen LogP contribution in [0.5, 0.6) is 0 Å². The first-order valence-electron chi connectivity index (χ1n) is 8.72. The van der Waals surface area contributed by atoms with E-state index in [1.807, 2.05) is 13.1 Å². The average molecular weight is 368 g/mol. The van der Waals surface area contributed by atoms with Gasteiger partial charge in [-0.15, -0.1) is 0 Å². The van der Waals surface area contributed by atoms with Crippen LogP contribution in [-0.2, 0) is 21.1 Å². The quantitative estimate of drug-likeness (QED) is 0.872. The Labute approximate surface area is 148 Å². The number of sulfone groups is 1. The molecule has 138 valence electrons. The molecule has 2 aliphatic rings. The molecule has 1 amide bonds. The van der Waals surface area contributed by atoms with Crippen LogP contribution in [-0.4, -0.2) is 56.9 Å². The normalized spacial score (nSPS) is 25.6. The maximum Gasteiger partial charge on any atom is 0.226 e. The van der Waals surface area contributed by atoms with E-state index in [0.29, 0.717) is 25.7 Å². The molecule has 5 nitrogen and oxygen atoms in total. The zero-order chi connectivity index (χ0) is 18.1. The van der Waals surface area contributed by atoms with Crippen LogP contribution in [0.4, 0.5) is 4.39 Å². The van der Waals surface area contributed by atoms with E-state index in [1.54, 1.807) is 6.07 Å². The number of rotatable bonds is 4. The molecule has 2 aliphatic heterocycles. The second-order valence-corrected chi connectivity index (χ2v) is 9.69. The van der Waals surface area contributed by atoms with Gasteiger partial charge in [-0.05, 0) is 63.5 Å². The number of nitrogens with zero attached hydrogens (tertiary/aromatic N) is 1. The van der Waals surface area contributed by atoms with Gasteiger partial charge in [-0.1, -0.05) is 12.1 Å². The molecule has 1 aromatic carbocycles. The fourth-order valence-electron chi connectivity index (χ4n) is 3.82. The SMILES string of the molecule is CN1CCC(Cc2cccc(F)c2)(C(=O)N[C@H]2CCS(=O)(=O)C2)CC1. The standard InChI is InChI=1S/C18H25FN2O3S/c1-21-8-6-18(7-9-21,12-14-3-2-4-15(19)11-14)17(22)20-16-5-10-25(23,24)13-16/h2-4,11,16H,5-10,12-13H2,1H3,(H,20,22)/t16-/m0/s1. The van der Waals surface area contributed by atoms with E-state index in [9.17, 15) is 17.6 Å². The molecule has 1 atom stereocenters. The van der Waals surface area contributed by atoms with E-state index >= 15 is 0 Å². The summed E-state index contributed by atoms with van der Waals surface area (Å²) in [4.78, 5) is 15.2. The van der Waals surface area contributed by atoms with Gasteiger partial charge >= 0.3 is 0 Å². The molecule has 0 radical (unpaired) electrons. The van der Waals surface area contributed by atoms with Crippen LogP contribution in [0.1, 0.15) is 24.8 Å². The van der Waals surface area contributed by atoms with Gasteiger partial charge in [-0.3, -0.25) is 4.79 Å². The number of hydrogen-bond acceptors (Lipinski definition) is 4. The van der Waals surface area contributed by atoms with Gasteiger partial charge in [0.2, 0.25) is 5.91 Å². The number of likely N-dealkylation sites (tertiary alicyclic amines) is 1. The van der Waals surface area contributed by atoms with E-state index in [0.717, 1.165) is 18.7 Å².